The molecule has 0 saturated heterocycles. The van der Waals surface area contributed by atoms with Gasteiger partial charge < -0.3 is 4.40 Å². The minimum Gasteiger partial charge on any atom is -0.306 e. The highest BCUT2D eigenvalue weighted by molar-refractivity contribution is 5.55. The summed E-state index contributed by atoms with van der Waals surface area (Å²) in [5, 5.41) is 8.94. The molecule has 0 unspecified atom stereocenters. The molecule has 2 heterocycles. The lowest BCUT2D eigenvalue weighted by molar-refractivity contribution is 0.573. The maximum atomic E-state index is 8.94. The Kier molecular flexibility index (Phi) is 2.01. The van der Waals surface area contributed by atoms with Crippen molar-refractivity contribution in [2.75, 3.05) is 0 Å². The molecule has 0 N–H and O–H groups in total. The highest BCUT2D eigenvalue weighted by Crippen LogP contribution is 2.22. The number of pyridine rings is 1. The van der Waals surface area contributed by atoms with Crippen LogP contribution in [-0.4, -0.2) is 9.38 Å². The van der Waals surface area contributed by atoms with Crippen molar-refractivity contribution in [3.63, 3.8) is 0 Å². The molecule has 0 spiro atoms. The molecule has 0 bridgehead atoms. The number of nitrogens with zero attached hydrogens (tertiary/aromatic N) is 3. The van der Waals surface area contributed by atoms with E-state index in [1.807, 2.05) is 22.9 Å². The standard InChI is InChI=1S/C12H13N3/c1-12(2,3)10-8-15-6-4-5-9(7-13)11(15)14-10/h4-6,8H,1-3H3. The van der Waals surface area contributed by atoms with Crippen LogP contribution < -0.4 is 0 Å². The van der Waals surface area contributed by atoms with Gasteiger partial charge >= 0.3 is 0 Å². The molecule has 0 aromatic carbocycles. The van der Waals surface area contributed by atoms with Gasteiger partial charge in [-0.05, 0) is 12.1 Å². The van der Waals surface area contributed by atoms with Crippen LogP contribution >= 0.6 is 0 Å². The number of hydrogen-bond donors (Lipinski definition) is 0. The van der Waals surface area contributed by atoms with Crippen molar-refractivity contribution in [1.82, 2.24) is 9.38 Å². The van der Waals surface area contributed by atoms with Crippen LogP contribution in [0.5, 0.6) is 0 Å². The zero-order valence-corrected chi connectivity index (χ0v) is 9.15. The molecule has 0 aliphatic carbocycles. The number of nitriles is 1. The van der Waals surface area contributed by atoms with Gasteiger partial charge in [0.15, 0.2) is 5.65 Å². The third kappa shape index (κ3) is 1.59. The molecule has 0 aliphatic rings. The van der Waals surface area contributed by atoms with Crippen LogP contribution in [0.3, 0.4) is 0 Å². The summed E-state index contributed by atoms with van der Waals surface area (Å²) >= 11 is 0. The maximum absolute atomic E-state index is 8.94. The zero-order chi connectivity index (χ0) is 11.1. The molecular formula is C12H13N3. The number of fused-ring (bicyclic) bond motifs is 1. The highest BCUT2D eigenvalue weighted by atomic mass is 15.0. The Morgan fingerprint density at radius 2 is 2.13 bits per heavy atom. The predicted octanol–water partition coefficient (Wildman–Crippen LogP) is 2.50. The van der Waals surface area contributed by atoms with Crippen LogP contribution in [0.15, 0.2) is 24.5 Å². The SMILES string of the molecule is CC(C)(C)c1cn2cccc(C#N)c2n1. The van der Waals surface area contributed by atoms with Gasteiger partial charge in [-0.15, -0.1) is 0 Å². The van der Waals surface area contributed by atoms with Gasteiger partial charge in [0.05, 0.1) is 11.3 Å². The molecule has 0 amide bonds. The fourth-order valence-electron chi connectivity index (χ4n) is 1.46. The van der Waals surface area contributed by atoms with Gasteiger partial charge in [-0.1, -0.05) is 20.8 Å². The van der Waals surface area contributed by atoms with E-state index in [-0.39, 0.29) is 5.41 Å². The predicted molar refractivity (Wildman–Crippen MR) is 58.6 cm³/mol. The van der Waals surface area contributed by atoms with Crippen molar-refractivity contribution in [1.29, 1.82) is 5.26 Å². The second-order valence-corrected chi connectivity index (χ2v) is 4.64. The van der Waals surface area contributed by atoms with Crippen molar-refractivity contribution in [2.24, 2.45) is 0 Å². The number of aromatic nitrogens is 2. The lowest BCUT2D eigenvalue weighted by Gasteiger charge is -2.13. The van der Waals surface area contributed by atoms with E-state index in [4.69, 9.17) is 5.26 Å². The van der Waals surface area contributed by atoms with E-state index in [0.29, 0.717) is 5.56 Å². The molecule has 0 atom stereocenters. The fraction of sp³-hybridized carbons (Fsp3) is 0.333. The van der Waals surface area contributed by atoms with Crippen molar-refractivity contribution >= 4 is 5.65 Å². The summed E-state index contributed by atoms with van der Waals surface area (Å²) in [6.45, 7) is 6.34. The Bertz CT molecular complexity index is 538. The lowest BCUT2D eigenvalue weighted by atomic mass is 9.93. The van der Waals surface area contributed by atoms with E-state index in [9.17, 15) is 0 Å². The first kappa shape index (κ1) is 9.72. The molecule has 2 aromatic heterocycles. The van der Waals surface area contributed by atoms with Crippen LogP contribution in [0.1, 0.15) is 32.0 Å². The van der Waals surface area contributed by atoms with Gasteiger partial charge in [0.1, 0.15) is 6.07 Å². The number of imidazole rings is 1. The van der Waals surface area contributed by atoms with E-state index in [2.05, 4.69) is 31.8 Å². The summed E-state index contributed by atoms with van der Waals surface area (Å²) in [5.41, 5.74) is 2.38. The van der Waals surface area contributed by atoms with Gasteiger partial charge in [-0.25, -0.2) is 4.98 Å². The minimum absolute atomic E-state index is 0.0126. The Hall–Kier alpha value is -1.82. The summed E-state index contributed by atoms with van der Waals surface area (Å²) in [6.07, 6.45) is 3.90. The quantitative estimate of drug-likeness (QED) is 0.654. The molecular weight excluding hydrogens is 186 g/mol. The summed E-state index contributed by atoms with van der Waals surface area (Å²) in [7, 11) is 0. The van der Waals surface area contributed by atoms with Gasteiger partial charge in [0, 0.05) is 17.8 Å². The monoisotopic (exact) mass is 199 g/mol. The Balaban J connectivity index is 2.72. The molecule has 15 heavy (non-hydrogen) atoms. The van der Waals surface area contributed by atoms with Crippen LogP contribution in [0.2, 0.25) is 0 Å². The second-order valence-electron chi connectivity index (χ2n) is 4.64. The van der Waals surface area contributed by atoms with Crippen molar-refractivity contribution in [2.45, 2.75) is 26.2 Å². The molecule has 3 heteroatoms. The molecule has 2 rings (SSSR count). The molecule has 0 radical (unpaired) electrons. The topological polar surface area (TPSA) is 41.1 Å². The lowest BCUT2D eigenvalue weighted by Crippen LogP contribution is -2.11. The summed E-state index contributed by atoms with van der Waals surface area (Å²) in [6, 6.07) is 5.80. The van der Waals surface area contributed by atoms with E-state index in [0.717, 1.165) is 11.3 Å². The average Bonchev–Trinajstić information content (AvgIpc) is 2.59. The molecule has 3 nitrogen and oxygen atoms in total. The first-order valence-electron chi connectivity index (χ1n) is 4.90. The molecule has 76 valence electrons. The largest absolute Gasteiger partial charge is 0.306 e. The Labute approximate surface area is 89.0 Å². The first-order chi connectivity index (χ1) is 7.02. The van der Waals surface area contributed by atoms with Crippen molar-refractivity contribution < 1.29 is 0 Å². The van der Waals surface area contributed by atoms with E-state index in [1.165, 1.54) is 0 Å². The van der Waals surface area contributed by atoms with Gasteiger partial charge in [-0.3, -0.25) is 0 Å². The van der Waals surface area contributed by atoms with Crippen LogP contribution in [0, 0.1) is 11.3 Å². The molecule has 0 fully saturated rings. The summed E-state index contributed by atoms with van der Waals surface area (Å²) in [5.74, 6) is 0. The number of hydrogen-bond acceptors (Lipinski definition) is 2. The smallest absolute Gasteiger partial charge is 0.155 e. The van der Waals surface area contributed by atoms with E-state index >= 15 is 0 Å². The second kappa shape index (κ2) is 3.09. The van der Waals surface area contributed by atoms with Crippen molar-refractivity contribution in [3.8, 4) is 6.07 Å². The maximum Gasteiger partial charge on any atom is 0.155 e. The van der Waals surface area contributed by atoms with E-state index in [1.54, 1.807) is 6.07 Å². The fourth-order valence-corrected chi connectivity index (χ4v) is 1.46. The van der Waals surface area contributed by atoms with E-state index < -0.39 is 0 Å². The summed E-state index contributed by atoms with van der Waals surface area (Å²) < 4.78 is 1.90. The minimum atomic E-state index is 0.0126. The molecule has 0 saturated carbocycles. The van der Waals surface area contributed by atoms with Crippen LogP contribution in [0.4, 0.5) is 0 Å². The average molecular weight is 199 g/mol. The van der Waals surface area contributed by atoms with Crippen LogP contribution in [0.25, 0.3) is 5.65 Å². The Morgan fingerprint density at radius 3 is 2.73 bits per heavy atom. The molecule has 2 aromatic rings. The van der Waals surface area contributed by atoms with Gasteiger partial charge in [0.2, 0.25) is 0 Å². The molecule has 0 aliphatic heterocycles. The summed E-state index contributed by atoms with van der Waals surface area (Å²) in [4.78, 5) is 4.50. The normalized spacial score (nSPS) is 11.6. The van der Waals surface area contributed by atoms with Crippen molar-refractivity contribution in [3.05, 3.63) is 35.8 Å². The van der Waals surface area contributed by atoms with Gasteiger partial charge in [-0.2, -0.15) is 5.26 Å². The Morgan fingerprint density at radius 1 is 1.40 bits per heavy atom. The van der Waals surface area contributed by atoms with Gasteiger partial charge in [0.25, 0.3) is 0 Å². The zero-order valence-electron chi connectivity index (χ0n) is 9.15. The van der Waals surface area contributed by atoms with Crippen LogP contribution in [-0.2, 0) is 5.41 Å². The highest BCUT2D eigenvalue weighted by Gasteiger charge is 2.18. The first-order valence-corrected chi connectivity index (χ1v) is 4.90. The third-order valence-corrected chi connectivity index (χ3v) is 2.37. The third-order valence-electron chi connectivity index (χ3n) is 2.37. The number of rotatable bonds is 0.